The first-order chi connectivity index (χ1) is 17.4. The molecule has 0 fully saturated rings. The van der Waals surface area contributed by atoms with E-state index in [4.69, 9.17) is 4.52 Å². The van der Waals surface area contributed by atoms with Crippen molar-refractivity contribution in [2.24, 2.45) is 0 Å². The van der Waals surface area contributed by atoms with Crippen molar-refractivity contribution >= 4 is 40.9 Å². The molecule has 200 valence electrons. The van der Waals surface area contributed by atoms with Crippen LogP contribution in [0.15, 0.2) is 40.9 Å². The zero-order chi connectivity index (χ0) is 25.7. The van der Waals surface area contributed by atoms with Crippen LogP contribution in [0, 0.1) is 13.8 Å². The molecule has 2 aromatic carbocycles. The number of anilines is 1. The van der Waals surface area contributed by atoms with Crippen molar-refractivity contribution < 1.29 is 18.5 Å². The highest BCUT2D eigenvalue weighted by Crippen LogP contribution is 2.26. The fraction of sp³-hybridized carbons (Fsp3) is 0.423. The van der Waals surface area contributed by atoms with E-state index in [1.807, 2.05) is 43.1 Å². The van der Waals surface area contributed by atoms with Gasteiger partial charge in [-0.15, -0.1) is 12.4 Å². The molecule has 37 heavy (non-hydrogen) atoms. The molecule has 2 amide bonds. The summed E-state index contributed by atoms with van der Waals surface area (Å²) in [7, 11) is 1.73. The van der Waals surface area contributed by atoms with Crippen LogP contribution in [0.1, 0.15) is 22.4 Å². The molecule has 0 bridgehead atoms. The fourth-order valence-corrected chi connectivity index (χ4v) is 4.33. The minimum atomic E-state index is -0.491. The first-order valence-electron chi connectivity index (χ1n) is 12.1. The van der Waals surface area contributed by atoms with E-state index in [0.29, 0.717) is 31.8 Å². The van der Waals surface area contributed by atoms with E-state index >= 15 is 0 Å². The Morgan fingerprint density at radius 3 is 2.49 bits per heavy atom. The van der Waals surface area contributed by atoms with Gasteiger partial charge in [0.05, 0.1) is 12.2 Å². The van der Waals surface area contributed by atoms with Gasteiger partial charge in [-0.05, 0) is 36.6 Å². The van der Waals surface area contributed by atoms with Crippen LogP contribution in [0.2, 0.25) is 0 Å². The van der Waals surface area contributed by atoms with Gasteiger partial charge in [-0.25, -0.2) is 9.40 Å². The highest BCUT2D eigenvalue weighted by molar-refractivity contribution is 5.88. The maximum Gasteiger partial charge on any atom is 0.256 e. The molecule has 0 atom stereocenters. The second-order valence-corrected chi connectivity index (χ2v) is 9.05. The Balaban J connectivity index is 0.00000380. The molecular formula is C26H34ClFN6O3. The number of aromatic nitrogens is 1. The third-order valence-electron chi connectivity index (χ3n) is 6.55. The Labute approximate surface area is 222 Å². The van der Waals surface area contributed by atoms with Crippen molar-refractivity contribution in [2.45, 2.75) is 26.9 Å². The Hall–Kier alpha value is -3.21. The predicted molar refractivity (Wildman–Crippen MR) is 143 cm³/mol. The summed E-state index contributed by atoms with van der Waals surface area (Å²) in [5, 5.41) is 14.6. The number of amides is 2. The number of benzene rings is 2. The molecule has 0 aliphatic carbocycles. The average molecular weight is 533 g/mol. The van der Waals surface area contributed by atoms with E-state index in [0.717, 1.165) is 22.3 Å². The van der Waals surface area contributed by atoms with Crippen LogP contribution in [0.25, 0.3) is 11.0 Å². The molecule has 0 saturated carbocycles. The Kier molecular flexibility index (Phi) is 9.85. The van der Waals surface area contributed by atoms with Gasteiger partial charge in [-0.2, -0.15) is 0 Å². The SMILES string of the molecule is Cc1cc2c(C)noc2cc1NCC(=O)N(CCNCCF)CC(=O)N(C)N1Cc2ccccc2C1.Cl. The number of fused-ring (bicyclic) bond motifs is 2. The van der Waals surface area contributed by atoms with Crippen LogP contribution in [-0.2, 0) is 22.7 Å². The highest BCUT2D eigenvalue weighted by atomic mass is 35.5. The van der Waals surface area contributed by atoms with E-state index < -0.39 is 6.67 Å². The van der Waals surface area contributed by atoms with E-state index in [1.165, 1.54) is 16.0 Å². The number of nitrogens with zero attached hydrogens (tertiary/aromatic N) is 4. The molecule has 1 aliphatic rings. The number of hydrogen-bond acceptors (Lipinski definition) is 7. The maximum absolute atomic E-state index is 13.2. The molecule has 2 N–H and O–H groups in total. The van der Waals surface area contributed by atoms with E-state index in [9.17, 15) is 14.0 Å². The number of nitrogens with one attached hydrogen (secondary N) is 2. The summed E-state index contributed by atoms with van der Waals surface area (Å²) < 4.78 is 17.9. The van der Waals surface area contributed by atoms with Crippen molar-refractivity contribution in [1.82, 2.24) is 25.4 Å². The lowest BCUT2D eigenvalue weighted by atomic mass is 10.1. The summed E-state index contributed by atoms with van der Waals surface area (Å²) in [5.74, 6) is -0.409. The summed E-state index contributed by atoms with van der Waals surface area (Å²) in [6.45, 7) is 5.46. The molecule has 1 aliphatic heterocycles. The Morgan fingerprint density at radius 1 is 1.11 bits per heavy atom. The number of halogens is 2. The molecule has 0 spiro atoms. The number of rotatable bonds is 11. The van der Waals surface area contributed by atoms with Crippen LogP contribution in [0.5, 0.6) is 0 Å². The van der Waals surface area contributed by atoms with Crippen LogP contribution in [-0.4, -0.2) is 78.3 Å². The third kappa shape index (κ3) is 6.76. The number of carbonyl (C=O) groups is 2. The van der Waals surface area contributed by atoms with Crippen LogP contribution in [0.3, 0.4) is 0 Å². The number of hydrogen-bond donors (Lipinski definition) is 2. The number of hydrazine groups is 1. The zero-order valence-corrected chi connectivity index (χ0v) is 22.2. The summed E-state index contributed by atoms with van der Waals surface area (Å²) in [6, 6.07) is 11.9. The quantitative estimate of drug-likeness (QED) is 0.367. The summed E-state index contributed by atoms with van der Waals surface area (Å²) >= 11 is 0. The first kappa shape index (κ1) is 28.4. The van der Waals surface area contributed by atoms with Gasteiger partial charge < -0.3 is 20.1 Å². The van der Waals surface area contributed by atoms with Gasteiger partial charge in [0.15, 0.2) is 5.58 Å². The molecule has 2 heterocycles. The lowest BCUT2D eigenvalue weighted by Crippen LogP contribution is -2.49. The van der Waals surface area contributed by atoms with Gasteiger partial charge in [-0.3, -0.25) is 14.6 Å². The average Bonchev–Trinajstić information content (AvgIpc) is 3.47. The van der Waals surface area contributed by atoms with Crippen molar-refractivity contribution in [2.75, 3.05) is 51.8 Å². The van der Waals surface area contributed by atoms with Gasteiger partial charge >= 0.3 is 0 Å². The molecule has 0 radical (unpaired) electrons. The van der Waals surface area contributed by atoms with Gasteiger partial charge in [-0.1, -0.05) is 29.4 Å². The van der Waals surface area contributed by atoms with Gasteiger partial charge in [0.2, 0.25) is 5.91 Å². The van der Waals surface area contributed by atoms with E-state index in [2.05, 4.69) is 27.9 Å². The molecule has 1 aromatic heterocycles. The Bertz CT molecular complexity index is 1210. The minimum Gasteiger partial charge on any atom is -0.376 e. The summed E-state index contributed by atoms with van der Waals surface area (Å²) in [5.41, 5.74) is 5.57. The van der Waals surface area contributed by atoms with Gasteiger partial charge in [0.1, 0.15) is 13.2 Å². The van der Waals surface area contributed by atoms with Crippen molar-refractivity contribution in [3.63, 3.8) is 0 Å². The lowest BCUT2D eigenvalue weighted by Gasteiger charge is -2.31. The van der Waals surface area contributed by atoms with Crippen molar-refractivity contribution in [3.8, 4) is 0 Å². The lowest BCUT2D eigenvalue weighted by molar-refractivity contribution is -0.151. The largest absolute Gasteiger partial charge is 0.376 e. The standard InChI is InChI=1S/C26H33FN6O3.ClH/c1-18-12-22-19(2)30-36-24(22)13-23(18)29-14-25(34)32(11-10-28-9-8-27)17-26(35)31(3)33-15-20-6-4-5-7-21(20)16-33;/h4-7,12-13,28-29H,8-11,14-17H2,1-3H3;1H. The molecule has 9 nitrogen and oxygen atoms in total. The topological polar surface area (TPSA) is 93.9 Å². The smallest absolute Gasteiger partial charge is 0.256 e. The minimum absolute atomic E-state index is 0. The summed E-state index contributed by atoms with van der Waals surface area (Å²) in [6.07, 6.45) is 0. The van der Waals surface area contributed by atoms with Crippen molar-refractivity contribution in [3.05, 3.63) is 58.8 Å². The zero-order valence-electron chi connectivity index (χ0n) is 21.4. The van der Waals surface area contributed by atoms with Crippen LogP contribution >= 0.6 is 12.4 Å². The molecule has 0 unspecified atom stereocenters. The fourth-order valence-electron chi connectivity index (χ4n) is 4.33. The number of likely N-dealkylation sites (N-methyl/N-ethyl adjacent to an activating group) is 1. The molecule has 4 rings (SSSR count). The van der Waals surface area contributed by atoms with E-state index in [-0.39, 0.29) is 43.9 Å². The normalized spacial score (nSPS) is 12.8. The second-order valence-electron chi connectivity index (χ2n) is 9.05. The molecular weight excluding hydrogens is 499 g/mol. The summed E-state index contributed by atoms with van der Waals surface area (Å²) in [4.78, 5) is 27.8. The number of aryl methyl sites for hydroxylation is 2. The third-order valence-corrected chi connectivity index (χ3v) is 6.55. The number of carbonyl (C=O) groups excluding carboxylic acids is 2. The molecule has 0 saturated heterocycles. The van der Waals surface area contributed by atoms with Gasteiger partial charge in [0, 0.05) is 56.9 Å². The monoisotopic (exact) mass is 532 g/mol. The molecule has 11 heteroatoms. The first-order valence-corrected chi connectivity index (χ1v) is 12.1. The van der Waals surface area contributed by atoms with Gasteiger partial charge in [0.25, 0.3) is 5.91 Å². The molecule has 3 aromatic rings. The number of alkyl halides is 1. The van der Waals surface area contributed by atoms with E-state index in [1.54, 1.807) is 12.1 Å². The highest BCUT2D eigenvalue weighted by Gasteiger charge is 2.27. The van der Waals surface area contributed by atoms with Crippen LogP contribution < -0.4 is 10.6 Å². The predicted octanol–water partition coefficient (Wildman–Crippen LogP) is 3.06. The Morgan fingerprint density at radius 2 is 1.81 bits per heavy atom. The van der Waals surface area contributed by atoms with Crippen molar-refractivity contribution in [1.29, 1.82) is 0 Å². The second kappa shape index (κ2) is 12.8. The maximum atomic E-state index is 13.2. The van der Waals surface area contributed by atoms with Crippen LogP contribution in [0.4, 0.5) is 10.1 Å².